The molecule has 9 nitrogen and oxygen atoms in total. The lowest BCUT2D eigenvalue weighted by atomic mass is 9.93. The second-order valence-corrected chi connectivity index (χ2v) is 11.6. The molecule has 0 bridgehead atoms. The molecule has 0 unspecified atom stereocenters. The zero-order valence-electron chi connectivity index (χ0n) is 22.4. The smallest absolute Gasteiger partial charge is 0.248 e. The van der Waals surface area contributed by atoms with Crippen molar-refractivity contribution in [3.05, 3.63) is 65.2 Å². The first kappa shape index (κ1) is 27.7. The molecule has 1 aliphatic rings. The average molecular weight is 539 g/mol. The number of hydrogen-bond acceptors (Lipinski definition) is 6. The summed E-state index contributed by atoms with van der Waals surface area (Å²) in [6.45, 7) is 10.4. The molecule has 1 aromatic carbocycles. The largest absolute Gasteiger partial charge is 0.391 e. The summed E-state index contributed by atoms with van der Waals surface area (Å²) in [6.07, 6.45) is 4.57. The molecule has 1 aliphatic heterocycles. The molecule has 2 aromatic heterocycles. The molecule has 0 aliphatic carbocycles. The van der Waals surface area contributed by atoms with Gasteiger partial charge in [0, 0.05) is 49.1 Å². The van der Waals surface area contributed by atoms with E-state index in [-0.39, 0.29) is 36.1 Å². The van der Waals surface area contributed by atoms with Gasteiger partial charge in [-0.05, 0) is 23.1 Å². The van der Waals surface area contributed by atoms with Gasteiger partial charge in [-0.2, -0.15) is 0 Å². The first-order chi connectivity index (χ1) is 18.0. The molecule has 10 heteroatoms. The second kappa shape index (κ2) is 11.2. The van der Waals surface area contributed by atoms with Gasteiger partial charge >= 0.3 is 0 Å². The van der Waals surface area contributed by atoms with E-state index in [1.165, 1.54) is 4.90 Å². The lowest BCUT2D eigenvalue weighted by Gasteiger charge is -2.29. The van der Waals surface area contributed by atoms with Crippen molar-refractivity contribution in [2.45, 2.75) is 71.2 Å². The number of hydrogen-bond donors (Lipinski definition) is 2. The Hall–Kier alpha value is -3.30. The van der Waals surface area contributed by atoms with Crippen LogP contribution in [0.1, 0.15) is 58.3 Å². The molecule has 2 amide bonds. The molecule has 4 rings (SSSR count). The molecule has 0 radical (unpaired) electrons. The Morgan fingerprint density at radius 2 is 1.89 bits per heavy atom. The van der Waals surface area contributed by atoms with Crippen LogP contribution in [0, 0.1) is 5.92 Å². The molecule has 3 aromatic rings. The molecule has 3 heterocycles. The normalized spacial score (nSPS) is 18.6. The third-order valence-corrected chi connectivity index (χ3v) is 7.14. The summed E-state index contributed by atoms with van der Waals surface area (Å²) < 4.78 is 1.59. The molecule has 1 saturated heterocycles. The molecule has 202 valence electrons. The van der Waals surface area contributed by atoms with E-state index in [0.717, 1.165) is 22.4 Å². The van der Waals surface area contributed by atoms with Crippen molar-refractivity contribution in [1.82, 2.24) is 30.2 Å². The number of pyridine rings is 1. The molecule has 0 spiro atoms. The van der Waals surface area contributed by atoms with Gasteiger partial charge in [0.2, 0.25) is 11.8 Å². The van der Waals surface area contributed by atoms with Gasteiger partial charge in [0.15, 0.2) is 0 Å². The van der Waals surface area contributed by atoms with Gasteiger partial charge in [-0.1, -0.05) is 75.7 Å². The molecule has 2 N–H and O–H groups in total. The highest BCUT2D eigenvalue weighted by Gasteiger charge is 2.42. The average Bonchev–Trinajstić information content (AvgIpc) is 3.50. The van der Waals surface area contributed by atoms with E-state index >= 15 is 0 Å². The van der Waals surface area contributed by atoms with Crippen molar-refractivity contribution >= 4 is 23.4 Å². The number of amides is 2. The third kappa shape index (κ3) is 6.05. The van der Waals surface area contributed by atoms with Crippen LogP contribution in [0.5, 0.6) is 0 Å². The highest BCUT2D eigenvalue weighted by Crippen LogP contribution is 2.29. The van der Waals surface area contributed by atoms with Gasteiger partial charge in [-0.25, -0.2) is 4.68 Å². The Morgan fingerprint density at radius 1 is 1.18 bits per heavy atom. The first-order valence-corrected chi connectivity index (χ1v) is 13.2. The number of carbonyl (C=O) groups is 2. The minimum Gasteiger partial charge on any atom is -0.391 e. The van der Waals surface area contributed by atoms with E-state index in [9.17, 15) is 14.7 Å². The van der Waals surface area contributed by atoms with Gasteiger partial charge in [0.1, 0.15) is 12.1 Å². The van der Waals surface area contributed by atoms with Crippen LogP contribution in [0.2, 0.25) is 5.02 Å². The van der Waals surface area contributed by atoms with Gasteiger partial charge < -0.3 is 15.3 Å². The van der Waals surface area contributed by atoms with Crippen LogP contribution in [0.4, 0.5) is 0 Å². The van der Waals surface area contributed by atoms with E-state index in [1.54, 1.807) is 29.3 Å². The number of β-amino-alcohol motifs (C(OH)–C–C–N with tert-alkyl or cyclic N) is 1. The van der Waals surface area contributed by atoms with Crippen molar-refractivity contribution in [1.29, 1.82) is 0 Å². The number of likely N-dealkylation sites (tertiary alicyclic amines) is 1. The van der Waals surface area contributed by atoms with E-state index < -0.39 is 18.2 Å². The SMILES string of the molecule is CC(C)[C@@H](C(=O)N1C[C@H](O)C[C@H]1C(=O)NCc1ccc(-c2cnccc2Cl)cc1)n1cc(C(C)(C)C)nn1. The van der Waals surface area contributed by atoms with Crippen LogP contribution < -0.4 is 5.32 Å². The fraction of sp³-hybridized carbons (Fsp3) is 0.464. The zero-order valence-corrected chi connectivity index (χ0v) is 23.2. The van der Waals surface area contributed by atoms with Gasteiger partial charge in [-0.3, -0.25) is 14.6 Å². The van der Waals surface area contributed by atoms with Crippen molar-refractivity contribution < 1.29 is 14.7 Å². The van der Waals surface area contributed by atoms with Gasteiger partial charge in [-0.15, -0.1) is 5.10 Å². The molecule has 1 fully saturated rings. The summed E-state index contributed by atoms with van der Waals surface area (Å²) in [6, 6.07) is 8.02. The second-order valence-electron chi connectivity index (χ2n) is 11.2. The molecule has 38 heavy (non-hydrogen) atoms. The fourth-order valence-corrected chi connectivity index (χ4v) is 4.85. The maximum Gasteiger partial charge on any atom is 0.248 e. The number of halogens is 1. The first-order valence-electron chi connectivity index (χ1n) is 12.8. The van der Waals surface area contributed by atoms with Crippen molar-refractivity contribution in [2.24, 2.45) is 5.92 Å². The van der Waals surface area contributed by atoms with Crippen LogP contribution in [-0.4, -0.2) is 60.5 Å². The summed E-state index contributed by atoms with van der Waals surface area (Å²) in [5.74, 6) is -0.643. The Morgan fingerprint density at radius 3 is 2.50 bits per heavy atom. The Bertz CT molecular complexity index is 1280. The summed E-state index contributed by atoms with van der Waals surface area (Å²) in [5, 5.41) is 22.4. The molecular formula is C28H35ClN6O3. The van der Waals surface area contributed by atoms with E-state index in [0.29, 0.717) is 11.6 Å². The fourth-order valence-electron chi connectivity index (χ4n) is 4.63. The van der Waals surface area contributed by atoms with Gasteiger partial charge in [0.25, 0.3) is 0 Å². The minimum atomic E-state index is -0.771. The van der Waals surface area contributed by atoms with Crippen LogP contribution in [-0.2, 0) is 21.5 Å². The molecular weight excluding hydrogens is 504 g/mol. The molecule has 3 atom stereocenters. The lowest BCUT2D eigenvalue weighted by Crippen LogP contribution is -2.49. The maximum absolute atomic E-state index is 13.7. The summed E-state index contributed by atoms with van der Waals surface area (Å²) in [7, 11) is 0. The Kier molecular flexibility index (Phi) is 8.18. The van der Waals surface area contributed by atoms with Crippen LogP contribution in [0.3, 0.4) is 0 Å². The predicted molar refractivity (Wildman–Crippen MR) is 145 cm³/mol. The third-order valence-electron chi connectivity index (χ3n) is 6.81. The number of aromatic nitrogens is 4. The topological polar surface area (TPSA) is 113 Å². The van der Waals surface area contributed by atoms with Crippen molar-refractivity contribution in [2.75, 3.05) is 6.54 Å². The number of rotatable bonds is 7. The van der Waals surface area contributed by atoms with E-state index in [2.05, 4.69) is 20.6 Å². The van der Waals surface area contributed by atoms with Crippen molar-refractivity contribution in [3.8, 4) is 11.1 Å². The highest BCUT2D eigenvalue weighted by atomic mass is 35.5. The summed E-state index contributed by atoms with van der Waals surface area (Å²) >= 11 is 6.27. The monoisotopic (exact) mass is 538 g/mol. The number of benzene rings is 1. The van der Waals surface area contributed by atoms with Crippen molar-refractivity contribution in [3.63, 3.8) is 0 Å². The lowest BCUT2D eigenvalue weighted by molar-refractivity contribution is -0.142. The van der Waals surface area contributed by atoms with E-state index in [4.69, 9.17) is 11.6 Å². The quantitative estimate of drug-likeness (QED) is 0.473. The minimum absolute atomic E-state index is 0.0923. The van der Waals surface area contributed by atoms with Gasteiger partial charge in [0.05, 0.1) is 16.8 Å². The predicted octanol–water partition coefficient (Wildman–Crippen LogP) is 3.77. The highest BCUT2D eigenvalue weighted by molar-refractivity contribution is 6.33. The maximum atomic E-state index is 13.7. The summed E-state index contributed by atoms with van der Waals surface area (Å²) in [5.41, 5.74) is 3.23. The number of nitrogens with zero attached hydrogens (tertiary/aromatic N) is 5. The van der Waals surface area contributed by atoms with Crippen LogP contribution in [0.15, 0.2) is 48.9 Å². The number of aliphatic hydroxyl groups is 1. The zero-order chi connectivity index (χ0) is 27.6. The van der Waals surface area contributed by atoms with Crippen LogP contribution in [0.25, 0.3) is 11.1 Å². The number of carbonyl (C=O) groups excluding carboxylic acids is 2. The Balaban J connectivity index is 1.45. The molecule has 0 saturated carbocycles. The van der Waals surface area contributed by atoms with E-state index in [1.807, 2.05) is 58.9 Å². The standard InChI is InChI=1S/C28H35ClN6O3/c1-17(2)25(35-16-24(32-33-35)28(3,4)5)27(38)34-15-20(36)12-23(34)26(37)31-13-18-6-8-19(9-7-18)21-14-30-11-10-22(21)29/h6-11,14,16-17,20,23,25,36H,12-13,15H2,1-5H3,(H,31,37)/t20-,23+,25+/m1/s1. The summed E-state index contributed by atoms with van der Waals surface area (Å²) in [4.78, 5) is 32.5. The number of aliphatic hydroxyl groups excluding tert-OH is 1. The van der Waals surface area contributed by atoms with Crippen LogP contribution >= 0.6 is 11.6 Å². The number of nitrogens with one attached hydrogen (secondary N) is 1. The Labute approximate surface area is 228 Å².